The standard InChI is InChI=1S/C13H14O5/c14-10-6-9-7-16-13(17-9)11(10)18-12(15)8-4-2-1-3-5-8/h1-5,9-11,13-14H,6-7H2/t9-,10-,11+,13+/m0/s1. The molecule has 0 amide bonds. The Bertz CT molecular complexity index is 432. The zero-order valence-electron chi connectivity index (χ0n) is 9.69. The van der Waals surface area contributed by atoms with Crippen LogP contribution in [0.4, 0.5) is 0 Å². The molecule has 1 N–H and O–H groups in total. The lowest BCUT2D eigenvalue weighted by Crippen LogP contribution is -2.46. The first-order valence-corrected chi connectivity index (χ1v) is 5.95. The van der Waals surface area contributed by atoms with Crippen molar-refractivity contribution < 1.29 is 24.1 Å². The van der Waals surface area contributed by atoms with Crippen molar-refractivity contribution in [1.29, 1.82) is 0 Å². The Morgan fingerprint density at radius 2 is 2.11 bits per heavy atom. The highest BCUT2D eigenvalue weighted by Crippen LogP contribution is 2.29. The van der Waals surface area contributed by atoms with Crippen LogP contribution in [0, 0.1) is 0 Å². The predicted molar refractivity (Wildman–Crippen MR) is 60.9 cm³/mol. The molecular weight excluding hydrogens is 236 g/mol. The fraction of sp³-hybridized carbons (Fsp3) is 0.462. The van der Waals surface area contributed by atoms with Crippen LogP contribution in [-0.2, 0) is 14.2 Å². The van der Waals surface area contributed by atoms with E-state index in [9.17, 15) is 9.90 Å². The van der Waals surface area contributed by atoms with E-state index in [4.69, 9.17) is 14.2 Å². The second-order valence-corrected chi connectivity index (χ2v) is 4.50. The minimum absolute atomic E-state index is 0.0864. The number of hydrogen-bond donors (Lipinski definition) is 1. The molecule has 0 aromatic heterocycles. The number of esters is 1. The van der Waals surface area contributed by atoms with Gasteiger partial charge in [0.25, 0.3) is 0 Å². The van der Waals surface area contributed by atoms with Gasteiger partial charge in [0, 0.05) is 6.42 Å². The second-order valence-electron chi connectivity index (χ2n) is 4.50. The fourth-order valence-electron chi connectivity index (χ4n) is 2.25. The number of carbonyl (C=O) groups is 1. The van der Waals surface area contributed by atoms with Crippen LogP contribution >= 0.6 is 0 Å². The number of ether oxygens (including phenoxy) is 3. The molecule has 18 heavy (non-hydrogen) atoms. The van der Waals surface area contributed by atoms with E-state index in [0.29, 0.717) is 18.6 Å². The summed E-state index contributed by atoms with van der Waals surface area (Å²) in [6.45, 7) is 0.446. The highest BCUT2D eigenvalue weighted by atomic mass is 16.7. The molecule has 5 nitrogen and oxygen atoms in total. The lowest BCUT2D eigenvalue weighted by atomic mass is 10.0. The third kappa shape index (κ3) is 2.12. The van der Waals surface area contributed by atoms with E-state index in [0.717, 1.165) is 0 Å². The normalized spacial score (nSPS) is 34.3. The molecule has 4 atom stereocenters. The summed E-state index contributed by atoms with van der Waals surface area (Å²) in [5, 5.41) is 9.91. The molecule has 2 heterocycles. The first kappa shape index (κ1) is 11.6. The van der Waals surface area contributed by atoms with Gasteiger partial charge in [-0.3, -0.25) is 0 Å². The molecular formula is C13H14O5. The van der Waals surface area contributed by atoms with Crippen molar-refractivity contribution >= 4 is 5.97 Å². The van der Waals surface area contributed by atoms with Crippen molar-refractivity contribution in [3.05, 3.63) is 35.9 Å². The van der Waals surface area contributed by atoms with Crippen LogP contribution < -0.4 is 0 Å². The summed E-state index contributed by atoms with van der Waals surface area (Å²) in [5.74, 6) is -0.475. The zero-order chi connectivity index (χ0) is 12.5. The smallest absolute Gasteiger partial charge is 0.338 e. The summed E-state index contributed by atoms with van der Waals surface area (Å²) in [6, 6.07) is 8.66. The third-order valence-corrected chi connectivity index (χ3v) is 3.18. The Morgan fingerprint density at radius 1 is 1.33 bits per heavy atom. The average molecular weight is 250 g/mol. The zero-order valence-corrected chi connectivity index (χ0v) is 9.69. The Hall–Kier alpha value is -1.43. The van der Waals surface area contributed by atoms with E-state index in [1.807, 2.05) is 6.07 Å². The van der Waals surface area contributed by atoms with Crippen molar-refractivity contribution in [3.8, 4) is 0 Å². The Kier molecular flexibility index (Phi) is 3.03. The topological polar surface area (TPSA) is 65.0 Å². The molecule has 2 saturated heterocycles. The third-order valence-electron chi connectivity index (χ3n) is 3.18. The monoisotopic (exact) mass is 250 g/mol. The van der Waals surface area contributed by atoms with Gasteiger partial charge < -0.3 is 19.3 Å². The van der Waals surface area contributed by atoms with Gasteiger partial charge in [0.1, 0.15) is 0 Å². The van der Waals surface area contributed by atoms with Crippen molar-refractivity contribution in [2.24, 2.45) is 0 Å². The van der Waals surface area contributed by atoms with E-state index >= 15 is 0 Å². The van der Waals surface area contributed by atoms with Crippen LogP contribution in [0.2, 0.25) is 0 Å². The maximum Gasteiger partial charge on any atom is 0.338 e. The largest absolute Gasteiger partial charge is 0.451 e. The Labute approximate surface area is 104 Å². The quantitative estimate of drug-likeness (QED) is 0.783. The fourth-order valence-corrected chi connectivity index (χ4v) is 2.25. The molecule has 1 aromatic rings. The summed E-state index contributed by atoms with van der Waals surface area (Å²) in [6.07, 6.45) is -1.79. The maximum absolute atomic E-state index is 11.9. The molecule has 0 unspecified atom stereocenters. The van der Waals surface area contributed by atoms with Gasteiger partial charge in [0.15, 0.2) is 12.4 Å². The van der Waals surface area contributed by atoms with Crippen LogP contribution in [-0.4, -0.2) is 42.3 Å². The van der Waals surface area contributed by atoms with Gasteiger partial charge in [-0.15, -0.1) is 0 Å². The molecule has 0 radical (unpaired) electrons. The molecule has 0 spiro atoms. The first-order chi connectivity index (χ1) is 8.74. The molecule has 96 valence electrons. The molecule has 3 rings (SSSR count). The van der Waals surface area contributed by atoms with Gasteiger partial charge in [-0.25, -0.2) is 4.79 Å². The van der Waals surface area contributed by atoms with Gasteiger partial charge in [-0.05, 0) is 12.1 Å². The highest BCUT2D eigenvalue weighted by molar-refractivity contribution is 5.89. The SMILES string of the molecule is O=C(O[C@H]1[C@@H]2OC[C@H](C[C@@H]1O)O2)c1ccccc1. The van der Waals surface area contributed by atoms with Crippen LogP contribution in [0.5, 0.6) is 0 Å². The van der Waals surface area contributed by atoms with Crippen molar-refractivity contribution in [3.63, 3.8) is 0 Å². The molecule has 0 saturated carbocycles. The predicted octanol–water partition coefficient (Wildman–Crippen LogP) is 0.718. The van der Waals surface area contributed by atoms with Crippen LogP contribution in [0.15, 0.2) is 30.3 Å². The number of fused-ring (bicyclic) bond motifs is 2. The molecule has 0 aliphatic carbocycles. The molecule has 1 aromatic carbocycles. The lowest BCUT2D eigenvalue weighted by Gasteiger charge is -2.31. The van der Waals surface area contributed by atoms with Gasteiger partial charge in [-0.1, -0.05) is 18.2 Å². The summed E-state index contributed by atoms with van der Waals surface area (Å²) >= 11 is 0. The Morgan fingerprint density at radius 3 is 2.89 bits per heavy atom. The number of aliphatic hydroxyl groups excluding tert-OH is 1. The van der Waals surface area contributed by atoms with Gasteiger partial charge in [0.05, 0.1) is 24.4 Å². The van der Waals surface area contributed by atoms with Gasteiger partial charge in [-0.2, -0.15) is 0 Å². The molecule has 2 aliphatic rings. The molecule has 2 bridgehead atoms. The summed E-state index contributed by atoms with van der Waals surface area (Å²) in [4.78, 5) is 11.9. The minimum Gasteiger partial charge on any atom is -0.451 e. The number of carbonyl (C=O) groups excluding carboxylic acids is 1. The molecule has 2 fully saturated rings. The average Bonchev–Trinajstić information content (AvgIpc) is 2.79. The number of hydrogen-bond acceptors (Lipinski definition) is 5. The van der Waals surface area contributed by atoms with E-state index in [-0.39, 0.29) is 6.10 Å². The Balaban J connectivity index is 1.70. The van der Waals surface area contributed by atoms with Crippen LogP contribution in [0.25, 0.3) is 0 Å². The minimum atomic E-state index is -0.753. The lowest BCUT2D eigenvalue weighted by molar-refractivity contribution is -0.193. The molecule has 5 heteroatoms. The van der Waals surface area contributed by atoms with Crippen molar-refractivity contribution in [2.75, 3.05) is 6.61 Å². The van der Waals surface area contributed by atoms with Crippen molar-refractivity contribution in [2.45, 2.75) is 31.0 Å². The van der Waals surface area contributed by atoms with Crippen molar-refractivity contribution in [1.82, 2.24) is 0 Å². The van der Waals surface area contributed by atoms with E-state index in [1.165, 1.54) is 0 Å². The summed E-state index contributed by atoms with van der Waals surface area (Å²) < 4.78 is 16.1. The summed E-state index contributed by atoms with van der Waals surface area (Å²) in [7, 11) is 0. The number of benzene rings is 1. The highest BCUT2D eigenvalue weighted by Gasteiger charge is 2.45. The maximum atomic E-state index is 11.9. The van der Waals surface area contributed by atoms with Gasteiger partial charge >= 0.3 is 5.97 Å². The first-order valence-electron chi connectivity index (χ1n) is 5.95. The number of rotatable bonds is 2. The number of aliphatic hydroxyl groups is 1. The van der Waals surface area contributed by atoms with Crippen LogP contribution in [0.3, 0.4) is 0 Å². The van der Waals surface area contributed by atoms with Crippen LogP contribution in [0.1, 0.15) is 16.8 Å². The summed E-state index contributed by atoms with van der Waals surface area (Å²) in [5.41, 5.74) is 0.449. The van der Waals surface area contributed by atoms with E-state index < -0.39 is 24.5 Å². The van der Waals surface area contributed by atoms with E-state index in [2.05, 4.69) is 0 Å². The molecule has 2 aliphatic heterocycles. The second kappa shape index (κ2) is 4.68. The van der Waals surface area contributed by atoms with E-state index in [1.54, 1.807) is 24.3 Å². The van der Waals surface area contributed by atoms with Gasteiger partial charge in [0.2, 0.25) is 0 Å².